The van der Waals surface area contributed by atoms with Gasteiger partial charge in [-0.15, -0.1) is 0 Å². The molecule has 148 valence electrons. The van der Waals surface area contributed by atoms with E-state index in [9.17, 15) is 14.7 Å². The SMILES string of the molecule is CC(C)C1CN(C(=O)[C@@H]2[C@H](O)C(=O)N(C)[C@H]2c2cnn(C)c2)c2ccccc21. The molecular formula is C21H26N4O3. The molecule has 4 rings (SSSR count). The number of carbonyl (C=O) groups excluding carboxylic acids is 2. The molecular weight excluding hydrogens is 356 g/mol. The third kappa shape index (κ3) is 2.73. The summed E-state index contributed by atoms with van der Waals surface area (Å²) >= 11 is 0. The summed E-state index contributed by atoms with van der Waals surface area (Å²) in [6.07, 6.45) is 2.09. The highest BCUT2D eigenvalue weighted by Crippen LogP contribution is 2.44. The van der Waals surface area contributed by atoms with Crippen LogP contribution in [0.2, 0.25) is 0 Å². The fourth-order valence-electron chi connectivity index (χ4n) is 4.61. The van der Waals surface area contributed by atoms with Gasteiger partial charge in [0.15, 0.2) is 0 Å². The van der Waals surface area contributed by atoms with Crippen LogP contribution in [0, 0.1) is 11.8 Å². The van der Waals surface area contributed by atoms with Crippen molar-refractivity contribution < 1.29 is 14.7 Å². The standard InChI is InChI=1S/C21H26N4O3/c1-12(2)15-11-25(16-8-6-5-7-14(15)16)20(27)17-18(13-9-22-23(3)10-13)24(4)21(28)19(17)26/h5-10,12,15,17-19,26H,11H2,1-4H3/t15?,17-,18-,19-/m0/s1. The van der Waals surface area contributed by atoms with Crippen LogP contribution in [0.25, 0.3) is 0 Å². The van der Waals surface area contributed by atoms with Crippen LogP contribution in [0.1, 0.15) is 36.9 Å². The smallest absolute Gasteiger partial charge is 0.252 e. The molecule has 2 amide bonds. The number of nitrogens with zero attached hydrogens (tertiary/aromatic N) is 4. The van der Waals surface area contributed by atoms with E-state index in [1.54, 1.807) is 36.1 Å². The number of hydrogen-bond acceptors (Lipinski definition) is 4. The zero-order chi connectivity index (χ0) is 20.2. The number of para-hydroxylation sites is 1. The second kappa shape index (κ2) is 6.74. The van der Waals surface area contributed by atoms with Gasteiger partial charge in [-0.2, -0.15) is 5.10 Å². The van der Waals surface area contributed by atoms with Gasteiger partial charge in [-0.3, -0.25) is 14.3 Å². The van der Waals surface area contributed by atoms with E-state index in [4.69, 9.17) is 0 Å². The number of benzene rings is 1. The Labute approximate surface area is 164 Å². The molecule has 3 heterocycles. The zero-order valence-electron chi connectivity index (χ0n) is 16.6. The number of aryl methyl sites for hydroxylation is 1. The summed E-state index contributed by atoms with van der Waals surface area (Å²) in [6.45, 7) is 4.86. The Morgan fingerprint density at radius 2 is 1.96 bits per heavy atom. The Hall–Kier alpha value is -2.67. The second-order valence-corrected chi connectivity index (χ2v) is 8.17. The molecule has 2 aliphatic rings. The number of carbonyl (C=O) groups is 2. The topological polar surface area (TPSA) is 78.7 Å². The Bertz CT molecular complexity index is 922. The van der Waals surface area contributed by atoms with Gasteiger partial charge in [0.2, 0.25) is 5.91 Å². The molecule has 4 atom stereocenters. The van der Waals surface area contributed by atoms with Crippen molar-refractivity contribution in [1.29, 1.82) is 0 Å². The summed E-state index contributed by atoms with van der Waals surface area (Å²) in [7, 11) is 3.42. The molecule has 2 aromatic rings. The number of amides is 2. The lowest BCUT2D eigenvalue weighted by Gasteiger charge is -2.28. The number of likely N-dealkylation sites (N-methyl/N-ethyl adjacent to an activating group) is 1. The van der Waals surface area contributed by atoms with Crippen LogP contribution in [-0.2, 0) is 16.6 Å². The lowest BCUT2D eigenvalue weighted by molar-refractivity contribution is -0.136. The van der Waals surface area contributed by atoms with Crippen molar-refractivity contribution in [2.24, 2.45) is 18.9 Å². The van der Waals surface area contributed by atoms with Crippen molar-refractivity contribution in [3.8, 4) is 0 Å². The van der Waals surface area contributed by atoms with Gasteiger partial charge in [0.1, 0.15) is 6.10 Å². The van der Waals surface area contributed by atoms with Gasteiger partial charge in [-0.05, 0) is 17.5 Å². The van der Waals surface area contributed by atoms with Gasteiger partial charge >= 0.3 is 0 Å². The molecule has 7 heteroatoms. The number of hydrogen-bond donors (Lipinski definition) is 1. The van der Waals surface area contributed by atoms with Gasteiger partial charge in [0.25, 0.3) is 5.91 Å². The number of aliphatic hydroxyl groups excluding tert-OH is 1. The first-order valence-corrected chi connectivity index (χ1v) is 9.64. The average Bonchev–Trinajstić information content (AvgIpc) is 3.32. The maximum atomic E-state index is 13.6. The summed E-state index contributed by atoms with van der Waals surface area (Å²) in [4.78, 5) is 29.4. The lowest BCUT2D eigenvalue weighted by Crippen LogP contribution is -2.42. The largest absolute Gasteiger partial charge is 0.382 e. The van der Waals surface area contributed by atoms with E-state index in [-0.39, 0.29) is 11.8 Å². The van der Waals surface area contributed by atoms with Crippen molar-refractivity contribution in [3.05, 3.63) is 47.8 Å². The first-order chi connectivity index (χ1) is 13.3. The van der Waals surface area contributed by atoms with E-state index in [0.29, 0.717) is 12.5 Å². The first kappa shape index (κ1) is 18.7. The normalized spacial score (nSPS) is 27.0. The summed E-state index contributed by atoms with van der Waals surface area (Å²) in [5.41, 5.74) is 2.78. The van der Waals surface area contributed by atoms with Crippen LogP contribution in [0.5, 0.6) is 0 Å². The molecule has 1 aromatic heterocycles. The Kier molecular flexibility index (Phi) is 4.50. The van der Waals surface area contributed by atoms with E-state index < -0.39 is 24.0 Å². The Balaban J connectivity index is 1.73. The fraction of sp³-hybridized carbons (Fsp3) is 0.476. The summed E-state index contributed by atoms with van der Waals surface area (Å²) in [6, 6.07) is 7.38. The minimum atomic E-state index is -1.35. The highest BCUT2D eigenvalue weighted by atomic mass is 16.3. The van der Waals surface area contributed by atoms with Crippen molar-refractivity contribution >= 4 is 17.5 Å². The maximum absolute atomic E-state index is 13.6. The van der Waals surface area contributed by atoms with E-state index in [1.165, 1.54) is 4.90 Å². The van der Waals surface area contributed by atoms with Crippen molar-refractivity contribution in [1.82, 2.24) is 14.7 Å². The molecule has 0 aliphatic carbocycles. The maximum Gasteiger partial charge on any atom is 0.252 e. The highest BCUT2D eigenvalue weighted by Gasteiger charge is 2.52. The van der Waals surface area contributed by atoms with E-state index in [0.717, 1.165) is 16.8 Å². The quantitative estimate of drug-likeness (QED) is 0.876. The van der Waals surface area contributed by atoms with Crippen molar-refractivity contribution in [2.45, 2.75) is 31.9 Å². The van der Waals surface area contributed by atoms with Gasteiger partial charge in [-0.1, -0.05) is 32.0 Å². The van der Waals surface area contributed by atoms with E-state index >= 15 is 0 Å². The first-order valence-electron chi connectivity index (χ1n) is 9.64. The monoisotopic (exact) mass is 382 g/mol. The predicted molar refractivity (Wildman–Crippen MR) is 105 cm³/mol. The molecule has 0 bridgehead atoms. The summed E-state index contributed by atoms with van der Waals surface area (Å²) in [5, 5.41) is 14.8. The van der Waals surface area contributed by atoms with Crippen LogP contribution in [0.4, 0.5) is 5.69 Å². The molecule has 0 radical (unpaired) electrons. The highest BCUT2D eigenvalue weighted by molar-refractivity contribution is 6.02. The number of aliphatic hydroxyl groups is 1. The molecule has 1 saturated heterocycles. The number of likely N-dealkylation sites (tertiary alicyclic amines) is 1. The Morgan fingerprint density at radius 1 is 1.25 bits per heavy atom. The van der Waals surface area contributed by atoms with E-state index in [2.05, 4.69) is 25.0 Å². The molecule has 2 aliphatic heterocycles. The van der Waals surface area contributed by atoms with Crippen LogP contribution >= 0.6 is 0 Å². The summed E-state index contributed by atoms with van der Waals surface area (Å²) < 4.78 is 1.64. The zero-order valence-corrected chi connectivity index (χ0v) is 16.6. The molecule has 7 nitrogen and oxygen atoms in total. The van der Waals surface area contributed by atoms with Gasteiger partial charge < -0.3 is 14.9 Å². The predicted octanol–water partition coefficient (Wildman–Crippen LogP) is 1.70. The van der Waals surface area contributed by atoms with Crippen molar-refractivity contribution in [3.63, 3.8) is 0 Å². The number of aromatic nitrogens is 2. The molecule has 1 aromatic carbocycles. The van der Waals surface area contributed by atoms with Crippen LogP contribution in [0.15, 0.2) is 36.7 Å². The third-order valence-corrected chi connectivity index (χ3v) is 6.13. The lowest BCUT2D eigenvalue weighted by atomic mass is 9.90. The van der Waals surface area contributed by atoms with Crippen LogP contribution < -0.4 is 4.90 Å². The van der Waals surface area contributed by atoms with Gasteiger partial charge in [0.05, 0.1) is 18.2 Å². The molecule has 1 fully saturated rings. The number of anilines is 1. The van der Waals surface area contributed by atoms with Crippen LogP contribution in [-0.4, -0.2) is 51.3 Å². The van der Waals surface area contributed by atoms with Crippen LogP contribution in [0.3, 0.4) is 0 Å². The molecule has 0 spiro atoms. The molecule has 1 N–H and O–H groups in total. The molecule has 1 unspecified atom stereocenters. The number of rotatable bonds is 3. The Morgan fingerprint density at radius 3 is 2.61 bits per heavy atom. The fourth-order valence-corrected chi connectivity index (χ4v) is 4.61. The average molecular weight is 382 g/mol. The van der Waals surface area contributed by atoms with E-state index in [1.807, 2.05) is 18.2 Å². The summed E-state index contributed by atoms with van der Waals surface area (Å²) in [5.74, 6) is -0.884. The minimum absolute atomic E-state index is 0.213. The van der Waals surface area contributed by atoms with Gasteiger partial charge in [0, 0.05) is 44.0 Å². The third-order valence-electron chi connectivity index (χ3n) is 6.13. The van der Waals surface area contributed by atoms with Crippen molar-refractivity contribution in [2.75, 3.05) is 18.5 Å². The second-order valence-electron chi connectivity index (χ2n) is 8.17. The molecule has 0 saturated carbocycles. The van der Waals surface area contributed by atoms with Gasteiger partial charge in [-0.25, -0.2) is 0 Å². The molecule has 28 heavy (non-hydrogen) atoms. The number of fused-ring (bicyclic) bond motifs is 1. The minimum Gasteiger partial charge on any atom is -0.382 e.